The van der Waals surface area contributed by atoms with Crippen LogP contribution in [0.1, 0.15) is 25.3 Å². The molecule has 2 aromatic heterocycles. The third-order valence-corrected chi connectivity index (χ3v) is 3.70. The average Bonchev–Trinajstić information content (AvgIpc) is 2.88. The fourth-order valence-electron chi connectivity index (χ4n) is 2.46. The summed E-state index contributed by atoms with van der Waals surface area (Å²) >= 11 is 0. The molecule has 5 heteroatoms. The molecule has 21 heavy (non-hydrogen) atoms. The van der Waals surface area contributed by atoms with E-state index in [1.807, 2.05) is 36.3 Å². The van der Waals surface area contributed by atoms with E-state index in [-0.39, 0.29) is 6.61 Å². The molecule has 0 aliphatic carbocycles. The maximum Gasteiger partial charge on any atom is 0.0983 e. The first kappa shape index (κ1) is 15.7. The Kier molecular flexibility index (Phi) is 5.90. The molecule has 0 aliphatic heterocycles. The number of aryl methyl sites for hydroxylation is 1. The van der Waals surface area contributed by atoms with Crippen LogP contribution in [0.2, 0.25) is 0 Å². The zero-order valence-corrected chi connectivity index (χ0v) is 12.8. The van der Waals surface area contributed by atoms with Gasteiger partial charge < -0.3 is 10.4 Å². The van der Waals surface area contributed by atoms with Gasteiger partial charge in [0.05, 0.1) is 5.69 Å². The SMILES string of the molecule is CCC(CCO)CNCc1cn(C)nc1-c1cccnc1. The summed E-state index contributed by atoms with van der Waals surface area (Å²) in [5.74, 6) is 0.522. The number of aliphatic hydroxyl groups excluding tert-OH is 1. The van der Waals surface area contributed by atoms with Crippen molar-refractivity contribution in [1.29, 1.82) is 0 Å². The third kappa shape index (κ3) is 4.37. The lowest BCUT2D eigenvalue weighted by atomic mass is 10.0. The first-order chi connectivity index (χ1) is 10.2. The lowest BCUT2D eigenvalue weighted by molar-refractivity contribution is 0.251. The predicted molar refractivity (Wildman–Crippen MR) is 83.6 cm³/mol. The Hall–Kier alpha value is -1.72. The molecule has 2 N–H and O–H groups in total. The van der Waals surface area contributed by atoms with Crippen LogP contribution in [0, 0.1) is 5.92 Å². The smallest absolute Gasteiger partial charge is 0.0983 e. The molecule has 5 nitrogen and oxygen atoms in total. The van der Waals surface area contributed by atoms with Gasteiger partial charge in [0.25, 0.3) is 0 Å². The Balaban J connectivity index is 2.01. The number of nitrogens with one attached hydrogen (secondary N) is 1. The number of hydrogen-bond acceptors (Lipinski definition) is 4. The monoisotopic (exact) mass is 288 g/mol. The van der Waals surface area contributed by atoms with Gasteiger partial charge in [-0.2, -0.15) is 5.10 Å². The highest BCUT2D eigenvalue weighted by molar-refractivity contribution is 5.61. The third-order valence-electron chi connectivity index (χ3n) is 3.70. The van der Waals surface area contributed by atoms with E-state index >= 15 is 0 Å². The van der Waals surface area contributed by atoms with Crippen LogP contribution in [0.15, 0.2) is 30.7 Å². The molecular formula is C16H24N4O. The van der Waals surface area contributed by atoms with E-state index in [0.717, 1.165) is 37.2 Å². The molecule has 0 radical (unpaired) electrons. The minimum Gasteiger partial charge on any atom is -0.396 e. The van der Waals surface area contributed by atoms with Gasteiger partial charge in [-0.25, -0.2) is 0 Å². The molecule has 114 valence electrons. The van der Waals surface area contributed by atoms with Crippen LogP contribution in [-0.4, -0.2) is 33.0 Å². The first-order valence-corrected chi connectivity index (χ1v) is 7.49. The van der Waals surface area contributed by atoms with Gasteiger partial charge in [0, 0.05) is 49.9 Å². The maximum atomic E-state index is 9.03. The summed E-state index contributed by atoms with van der Waals surface area (Å²) in [7, 11) is 1.93. The summed E-state index contributed by atoms with van der Waals surface area (Å²) in [6.45, 7) is 4.11. The van der Waals surface area contributed by atoms with Gasteiger partial charge in [0.15, 0.2) is 0 Å². The summed E-state index contributed by atoms with van der Waals surface area (Å²) in [5.41, 5.74) is 3.19. The van der Waals surface area contributed by atoms with Crippen LogP contribution in [-0.2, 0) is 13.6 Å². The van der Waals surface area contributed by atoms with E-state index in [2.05, 4.69) is 22.3 Å². The second-order valence-corrected chi connectivity index (χ2v) is 5.34. The molecule has 0 amide bonds. The summed E-state index contributed by atoms with van der Waals surface area (Å²) in [6, 6.07) is 3.95. The van der Waals surface area contributed by atoms with Gasteiger partial charge in [0.1, 0.15) is 0 Å². The van der Waals surface area contributed by atoms with Crippen LogP contribution in [0.3, 0.4) is 0 Å². The van der Waals surface area contributed by atoms with Crippen LogP contribution < -0.4 is 5.32 Å². The minimum atomic E-state index is 0.258. The van der Waals surface area contributed by atoms with Crippen LogP contribution in [0.25, 0.3) is 11.3 Å². The molecule has 2 heterocycles. The van der Waals surface area contributed by atoms with Crippen molar-refractivity contribution in [2.75, 3.05) is 13.2 Å². The number of aromatic nitrogens is 3. The van der Waals surface area contributed by atoms with Gasteiger partial charge >= 0.3 is 0 Å². The van der Waals surface area contributed by atoms with Gasteiger partial charge in [-0.1, -0.05) is 13.3 Å². The molecule has 0 spiro atoms. The van der Waals surface area contributed by atoms with Crippen molar-refractivity contribution in [3.05, 3.63) is 36.3 Å². The highest BCUT2D eigenvalue weighted by Crippen LogP contribution is 2.20. The summed E-state index contributed by atoms with van der Waals surface area (Å²) < 4.78 is 1.84. The summed E-state index contributed by atoms with van der Waals surface area (Å²) in [5, 5.41) is 17.0. The van der Waals surface area contributed by atoms with Crippen LogP contribution >= 0.6 is 0 Å². The second-order valence-electron chi connectivity index (χ2n) is 5.34. The molecule has 1 unspecified atom stereocenters. The van der Waals surface area contributed by atoms with Gasteiger partial charge in [-0.05, 0) is 31.0 Å². The number of rotatable bonds is 8. The molecule has 0 saturated carbocycles. The largest absolute Gasteiger partial charge is 0.396 e. The molecule has 0 aliphatic rings. The Bertz CT molecular complexity index is 538. The minimum absolute atomic E-state index is 0.258. The van der Waals surface area contributed by atoms with Crippen molar-refractivity contribution < 1.29 is 5.11 Å². The first-order valence-electron chi connectivity index (χ1n) is 7.49. The fraction of sp³-hybridized carbons (Fsp3) is 0.500. The van der Waals surface area contributed by atoms with Gasteiger partial charge in [-0.15, -0.1) is 0 Å². The molecule has 0 fully saturated rings. The molecule has 2 aromatic rings. The Morgan fingerprint density at radius 1 is 1.43 bits per heavy atom. The molecule has 1 atom stereocenters. The van der Waals surface area contributed by atoms with Crippen molar-refractivity contribution in [3.8, 4) is 11.3 Å². The molecule has 2 rings (SSSR count). The predicted octanol–water partition coefficient (Wildman–Crippen LogP) is 1.98. The molecule has 0 aromatic carbocycles. The van der Waals surface area contributed by atoms with E-state index in [0.29, 0.717) is 5.92 Å². The summed E-state index contributed by atoms with van der Waals surface area (Å²) in [4.78, 5) is 4.16. The number of pyridine rings is 1. The van der Waals surface area contributed by atoms with E-state index in [1.165, 1.54) is 5.56 Å². The fourth-order valence-corrected chi connectivity index (χ4v) is 2.46. The average molecular weight is 288 g/mol. The van der Waals surface area contributed by atoms with E-state index in [9.17, 15) is 0 Å². The Morgan fingerprint density at radius 2 is 2.29 bits per heavy atom. The Labute approximate surface area is 126 Å². The summed E-state index contributed by atoms with van der Waals surface area (Å²) in [6.07, 6.45) is 7.59. The van der Waals surface area contributed by atoms with E-state index in [1.54, 1.807) is 6.20 Å². The lowest BCUT2D eigenvalue weighted by Crippen LogP contribution is -2.23. The quantitative estimate of drug-likeness (QED) is 0.779. The normalized spacial score (nSPS) is 12.5. The van der Waals surface area contributed by atoms with Crippen molar-refractivity contribution in [2.45, 2.75) is 26.3 Å². The van der Waals surface area contributed by atoms with Crippen molar-refractivity contribution in [3.63, 3.8) is 0 Å². The zero-order valence-electron chi connectivity index (χ0n) is 12.8. The molecule has 0 saturated heterocycles. The zero-order chi connectivity index (χ0) is 15.1. The lowest BCUT2D eigenvalue weighted by Gasteiger charge is -2.14. The van der Waals surface area contributed by atoms with Crippen molar-refractivity contribution in [2.24, 2.45) is 13.0 Å². The van der Waals surface area contributed by atoms with Crippen LogP contribution in [0.5, 0.6) is 0 Å². The molecule has 0 bridgehead atoms. The second kappa shape index (κ2) is 7.90. The van der Waals surface area contributed by atoms with Crippen LogP contribution in [0.4, 0.5) is 0 Å². The highest BCUT2D eigenvalue weighted by Gasteiger charge is 2.11. The van der Waals surface area contributed by atoms with Crippen molar-refractivity contribution >= 4 is 0 Å². The number of hydrogen-bond donors (Lipinski definition) is 2. The van der Waals surface area contributed by atoms with E-state index < -0.39 is 0 Å². The van der Waals surface area contributed by atoms with Crippen molar-refractivity contribution in [1.82, 2.24) is 20.1 Å². The van der Waals surface area contributed by atoms with Gasteiger partial charge in [0.2, 0.25) is 0 Å². The maximum absolute atomic E-state index is 9.03. The highest BCUT2D eigenvalue weighted by atomic mass is 16.3. The Morgan fingerprint density at radius 3 is 2.95 bits per heavy atom. The topological polar surface area (TPSA) is 63.0 Å². The standard InChI is InChI=1S/C16H24N4O/c1-3-13(6-8-21)9-18-11-15-12-20(2)19-16(15)14-5-4-7-17-10-14/h4-5,7,10,12-13,18,21H,3,6,8-9,11H2,1-2H3. The number of aliphatic hydroxyl groups is 1. The molecular weight excluding hydrogens is 264 g/mol. The van der Waals surface area contributed by atoms with Gasteiger partial charge in [-0.3, -0.25) is 9.67 Å². The number of nitrogens with zero attached hydrogens (tertiary/aromatic N) is 3. The van der Waals surface area contributed by atoms with E-state index in [4.69, 9.17) is 5.11 Å².